The third-order valence-electron chi connectivity index (χ3n) is 3.72. The van der Waals surface area contributed by atoms with E-state index in [9.17, 15) is 0 Å². The Labute approximate surface area is 129 Å². The molecule has 1 fully saturated rings. The number of aromatic nitrogens is 1. The van der Waals surface area contributed by atoms with Crippen LogP contribution in [0.25, 0.3) is 0 Å². The number of para-hydroxylation sites is 1. The van der Waals surface area contributed by atoms with Crippen molar-refractivity contribution in [3.8, 4) is 5.75 Å². The van der Waals surface area contributed by atoms with Crippen LogP contribution in [0.3, 0.4) is 0 Å². The third-order valence-corrected chi connectivity index (χ3v) is 4.71. The second kappa shape index (κ2) is 7.02. The number of ether oxygens (including phenoxy) is 1. The molecule has 0 unspecified atom stereocenters. The number of hydrogen-bond donors (Lipinski definition) is 1. The Hall–Kier alpha value is -1.43. The second-order valence-corrected chi connectivity index (χ2v) is 6.43. The predicted molar refractivity (Wildman–Crippen MR) is 86.1 cm³/mol. The summed E-state index contributed by atoms with van der Waals surface area (Å²) >= 11 is 1.81. The van der Waals surface area contributed by atoms with Crippen LogP contribution < -0.4 is 10.1 Å². The van der Waals surface area contributed by atoms with Gasteiger partial charge < -0.3 is 10.1 Å². The number of nitrogens with one attached hydrogen (secondary N) is 1. The van der Waals surface area contributed by atoms with Crippen molar-refractivity contribution in [2.75, 3.05) is 33.3 Å². The minimum Gasteiger partial charge on any atom is -0.496 e. The Balaban J connectivity index is 1.64. The smallest absolute Gasteiger partial charge is 0.122 e. The maximum absolute atomic E-state index is 5.41. The average Bonchev–Trinajstić information content (AvgIpc) is 2.96. The molecule has 1 aliphatic heterocycles. The molecule has 2 heterocycles. The van der Waals surface area contributed by atoms with Crippen LogP contribution in [-0.4, -0.2) is 43.2 Å². The first kappa shape index (κ1) is 14.5. The minimum atomic E-state index is 0.843. The van der Waals surface area contributed by atoms with Gasteiger partial charge >= 0.3 is 0 Å². The molecule has 3 rings (SSSR count). The highest BCUT2D eigenvalue weighted by atomic mass is 32.1. The summed E-state index contributed by atoms with van der Waals surface area (Å²) in [5, 5.41) is 4.54. The lowest BCUT2D eigenvalue weighted by molar-refractivity contribution is 0.235. The summed E-state index contributed by atoms with van der Waals surface area (Å²) in [7, 11) is 1.72. The summed E-state index contributed by atoms with van der Waals surface area (Å²) in [6.07, 6.45) is 2.87. The van der Waals surface area contributed by atoms with Gasteiger partial charge in [-0.05, 0) is 6.07 Å². The van der Waals surface area contributed by atoms with Gasteiger partial charge in [-0.2, -0.15) is 0 Å². The number of methoxy groups -OCH3 is 1. The molecule has 0 aliphatic carbocycles. The van der Waals surface area contributed by atoms with Crippen LogP contribution >= 0.6 is 11.3 Å². The second-order valence-electron chi connectivity index (χ2n) is 5.24. The van der Waals surface area contributed by atoms with E-state index in [0.717, 1.165) is 49.9 Å². The van der Waals surface area contributed by atoms with Gasteiger partial charge in [0, 0.05) is 55.8 Å². The average molecular weight is 303 g/mol. The highest BCUT2D eigenvalue weighted by Gasteiger charge is 2.12. The molecule has 4 nitrogen and oxygen atoms in total. The van der Waals surface area contributed by atoms with Crippen LogP contribution in [0.15, 0.2) is 30.5 Å². The van der Waals surface area contributed by atoms with Gasteiger partial charge in [-0.3, -0.25) is 4.90 Å². The van der Waals surface area contributed by atoms with Crippen molar-refractivity contribution in [2.24, 2.45) is 0 Å². The quantitative estimate of drug-likeness (QED) is 0.918. The van der Waals surface area contributed by atoms with Crippen molar-refractivity contribution in [2.45, 2.75) is 13.0 Å². The third kappa shape index (κ3) is 3.81. The minimum absolute atomic E-state index is 0.843. The van der Waals surface area contributed by atoms with Gasteiger partial charge in [0.25, 0.3) is 0 Å². The zero-order chi connectivity index (χ0) is 14.5. The summed E-state index contributed by atoms with van der Waals surface area (Å²) in [5.41, 5.74) is 1.20. The summed E-state index contributed by atoms with van der Waals surface area (Å²) < 4.78 is 5.41. The molecular formula is C16H21N3OS. The summed E-state index contributed by atoms with van der Waals surface area (Å²) in [6.45, 7) is 5.45. The highest BCUT2D eigenvalue weighted by Crippen LogP contribution is 2.24. The van der Waals surface area contributed by atoms with Crippen LogP contribution in [-0.2, 0) is 13.0 Å². The number of piperazine rings is 1. The van der Waals surface area contributed by atoms with Crippen LogP contribution in [0.2, 0.25) is 0 Å². The van der Waals surface area contributed by atoms with Crippen molar-refractivity contribution in [3.05, 3.63) is 45.9 Å². The molecule has 1 aromatic heterocycles. The van der Waals surface area contributed by atoms with Crippen LogP contribution in [0.5, 0.6) is 5.75 Å². The molecule has 0 radical (unpaired) electrons. The molecule has 0 amide bonds. The Morgan fingerprint density at radius 3 is 2.90 bits per heavy atom. The van der Waals surface area contributed by atoms with Crippen molar-refractivity contribution in [1.82, 2.24) is 15.2 Å². The zero-order valence-electron chi connectivity index (χ0n) is 12.3. The first-order chi connectivity index (χ1) is 10.3. The Morgan fingerprint density at radius 1 is 1.29 bits per heavy atom. The molecule has 5 heteroatoms. The fraction of sp³-hybridized carbons (Fsp3) is 0.438. The summed E-state index contributed by atoms with van der Waals surface area (Å²) in [6, 6.07) is 8.16. The lowest BCUT2D eigenvalue weighted by atomic mass is 10.1. The van der Waals surface area contributed by atoms with Gasteiger partial charge in [-0.25, -0.2) is 4.98 Å². The van der Waals surface area contributed by atoms with E-state index >= 15 is 0 Å². The van der Waals surface area contributed by atoms with Gasteiger partial charge in [0.15, 0.2) is 0 Å². The lowest BCUT2D eigenvalue weighted by Crippen LogP contribution is -2.42. The van der Waals surface area contributed by atoms with E-state index in [1.54, 1.807) is 7.11 Å². The van der Waals surface area contributed by atoms with E-state index in [0.29, 0.717) is 0 Å². The number of hydrogen-bond acceptors (Lipinski definition) is 5. The Kier molecular flexibility index (Phi) is 4.85. The summed E-state index contributed by atoms with van der Waals surface area (Å²) in [4.78, 5) is 8.40. The molecule has 1 N–H and O–H groups in total. The van der Waals surface area contributed by atoms with E-state index in [-0.39, 0.29) is 0 Å². The summed E-state index contributed by atoms with van der Waals surface area (Å²) in [5.74, 6) is 0.941. The van der Waals surface area contributed by atoms with Gasteiger partial charge in [-0.1, -0.05) is 18.2 Å². The first-order valence-electron chi connectivity index (χ1n) is 7.33. The largest absolute Gasteiger partial charge is 0.496 e. The van der Waals surface area contributed by atoms with Crippen LogP contribution in [0.4, 0.5) is 0 Å². The fourth-order valence-corrected chi connectivity index (χ4v) is 3.59. The SMILES string of the molecule is COc1ccccc1Cc1ncc(CN2CCNCC2)s1. The zero-order valence-corrected chi connectivity index (χ0v) is 13.2. The standard InChI is InChI=1S/C16H21N3OS/c1-20-15-5-3-2-4-13(15)10-16-18-11-14(21-16)12-19-8-6-17-7-9-19/h2-5,11,17H,6-10,12H2,1H3. The fourth-order valence-electron chi connectivity index (χ4n) is 2.60. The van der Waals surface area contributed by atoms with Crippen molar-refractivity contribution in [3.63, 3.8) is 0 Å². The monoisotopic (exact) mass is 303 g/mol. The van der Waals surface area contributed by atoms with Crippen LogP contribution in [0.1, 0.15) is 15.4 Å². The molecule has 1 saturated heterocycles. The topological polar surface area (TPSA) is 37.4 Å². The van der Waals surface area contributed by atoms with E-state index in [1.165, 1.54) is 10.4 Å². The van der Waals surface area contributed by atoms with Gasteiger partial charge in [0.1, 0.15) is 5.75 Å². The van der Waals surface area contributed by atoms with Crippen molar-refractivity contribution < 1.29 is 4.74 Å². The molecule has 0 spiro atoms. The molecule has 0 atom stereocenters. The molecular weight excluding hydrogens is 282 g/mol. The van der Waals surface area contributed by atoms with Crippen molar-refractivity contribution in [1.29, 1.82) is 0 Å². The molecule has 2 aromatic rings. The number of rotatable bonds is 5. The Bertz CT molecular complexity index is 578. The number of nitrogens with zero attached hydrogens (tertiary/aromatic N) is 2. The number of thiazole rings is 1. The lowest BCUT2D eigenvalue weighted by Gasteiger charge is -2.26. The molecule has 0 bridgehead atoms. The van der Waals surface area contributed by atoms with Gasteiger partial charge in [0.05, 0.1) is 12.1 Å². The molecule has 1 aromatic carbocycles. The molecule has 112 valence electrons. The highest BCUT2D eigenvalue weighted by molar-refractivity contribution is 7.11. The number of benzene rings is 1. The van der Waals surface area contributed by atoms with Crippen molar-refractivity contribution >= 4 is 11.3 Å². The first-order valence-corrected chi connectivity index (χ1v) is 8.15. The van der Waals surface area contributed by atoms with Gasteiger partial charge in [-0.15, -0.1) is 11.3 Å². The maximum atomic E-state index is 5.41. The maximum Gasteiger partial charge on any atom is 0.122 e. The Morgan fingerprint density at radius 2 is 2.10 bits per heavy atom. The van der Waals surface area contributed by atoms with E-state index in [2.05, 4.69) is 21.3 Å². The van der Waals surface area contributed by atoms with Gasteiger partial charge in [0.2, 0.25) is 0 Å². The van der Waals surface area contributed by atoms with Crippen LogP contribution in [0, 0.1) is 0 Å². The molecule has 21 heavy (non-hydrogen) atoms. The van der Waals surface area contributed by atoms with E-state index < -0.39 is 0 Å². The predicted octanol–water partition coefficient (Wildman–Crippen LogP) is 2.15. The van der Waals surface area contributed by atoms with E-state index in [4.69, 9.17) is 4.74 Å². The normalized spacial score (nSPS) is 16.0. The van der Waals surface area contributed by atoms with E-state index in [1.807, 2.05) is 35.7 Å². The molecule has 0 saturated carbocycles. The molecule has 1 aliphatic rings.